The van der Waals surface area contributed by atoms with Gasteiger partial charge in [0, 0.05) is 18.0 Å². The number of hydrogen-bond acceptors (Lipinski definition) is 2. The van der Waals surface area contributed by atoms with Crippen LogP contribution in [0.1, 0.15) is 69.4 Å². The molecule has 2 saturated carbocycles. The lowest BCUT2D eigenvalue weighted by Crippen LogP contribution is -2.54. The second kappa shape index (κ2) is 6.37. The topological polar surface area (TPSA) is 23.5 Å². The predicted octanol–water partition coefficient (Wildman–Crippen LogP) is 4.89. The van der Waals surface area contributed by atoms with E-state index in [4.69, 9.17) is 0 Å². The molecule has 0 saturated heterocycles. The number of phenolic OH excluding ortho intramolecular Hbond substituents is 1. The van der Waals surface area contributed by atoms with Crippen LogP contribution in [-0.2, 0) is 11.8 Å². The number of aromatic hydroxyl groups is 1. The zero-order chi connectivity index (χ0) is 16.7. The van der Waals surface area contributed by atoms with Crippen LogP contribution in [0.2, 0.25) is 0 Å². The van der Waals surface area contributed by atoms with Gasteiger partial charge >= 0.3 is 0 Å². The van der Waals surface area contributed by atoms with Crippen molar-refractivity contribution < 1.29 is 5.11 Å². The van der Waals surface area contributed by atoms with E-state index in [9.17, 15) is 5.11 Å². The lowest BCUT2D eigenvalue weighted by atomic mass is 9.54. The molecular weight excluding hydrogens is 294 g/mol. The highest BCUT2D eigenvalue weighted by Crippen LogP contribution is 2.54. The van der Waals surface area contributed by atoms with E-state index >= 15 is 0 Å². The quantitative estimate of drug-likeness (QED) is 0.832. The first kappa shape index (κ1) is 16.4. The molecule has 1 aromatic rings. The zero-order valence-corrected chi connectivity index (χ0v) is 15.4. The van der Waals surface area contributed by atoms with Crippen LogP contribution in [0.3, 0.4) is 0 Å². The van der Waals surface area contributed by atoms with Crippen LogP contribution in [0.4, 0.5) is 0 Å². The summed E-state index contributed by atoms with van der Waals surface area (Å²) in [6.07, 6.45) is 12.0. The summed E-state index contributed by atoms with van der Waals surface area (Å²) < 4.78 is 0. The Morgan fingerprint density at radius 3 is 2.79 bits per heavy atom. The highest BCUT2D eigenvalue weighted by atomic mass is 16.3. The third-order valence-corrected chi connectivity index (χ3v) is 7.13. The molecule has 0 heterocycles. The Morgan fingerprint density at radius 1 is 1.21 bits per heavy atom. The molecule has 2 heteroatoms. The van der Waals surface area contributed by atoms with Gasteiger partial charge in [-0.05, 0) is 80.7 Å². The van der Waals surface area contributed by atoms with Gasteiger partial charge in [0.15, 0.2) is 0 Å². The zero-order valence-electron chi connectivity index (χ0n) is 15.4. The molecule has 0 radical (unpaired) electrons. The van der Waals surface area contributed by atoms with E-state index in [1.165, 1.54) is 75.5 Å². The average molecular weight is 328 g/mol. The maximum atomic E-state index is 10.2. The summed E-state index contributed by atoms with van der Waals surface area (Å²) in [4.78, 5) is 2.70. The van der Waals surface area contributed by atoms with Crippen molar-refractivity contribution in [1.29, 1.82) is 0 Å². The summed E-state index contributed by atoms with van der Waals surface area (Å²) in [5.74, 6) is 2.18. The van der Waals surface area contributed by atoms with Crippen molar-refractivity contribution in [3.8, 4) is 5.75 Å². The van der Waals surface area contributed by atoms with Crippen molar-refractivity contribution in [2.45, 2.75) is 76.2 Å². The number of nitrogens with zero attached hydrogens (tertiary/aromatic N) is 1. The molecule has 3 aliphatic rings. The molecule has 0 amide bonds. The predicted molar refractivity (Wildman–Crippen MR) is 99.5 cm³/mol. The van der Waals surface area contributed by atoms with Crippen molar-refractivity contribution in [3.63, 3.8) is 0 Å². The maximum Gasteiger partial charge on any atom is 0.115 e. The van der Waals surface area contributed by atoms with Crippen LogP contribution in [0.5, 0.6) is 5.75 Å². The number of hydrogen-bond donors (Lipinski definition) is 1. The van der Waals surface area contributed by atoms with Crippen LogP contribution in [0.15, 0.2) is 18.2 Å². The third kappa shape index (κ3) is 2.77. The lowest BCUT2D eigenvalue weighted by Gasteiger charge is -2.54. The Morgan fingerprint density at radius 2 is 2.04 bits per heavy atom. The highest BCUT2D eigenvalue weighted by Gasteiger charge is 2.50. The number of likely N-dealkylation sites (N-methyl/N-ethyl adjacent to an activating group) is 1. The van der Waals surface area contributed by atoms with Crippen LogP contribution in [-0.4, -0.2) is 29.6 Å². The van der Waals surface area contributed by atoms with Gasteiger partial charge in [-0.2, -0.15) is 0 Å². The van der Waals surface area contributed by atoms with Gasteiger partial charge in [0.25, 0.3) is 0 Å². The Labute approximate surface area is 147 Å². The summed E-state index contributed by atoms with van der Waals surface area (Å²) >= 11 is 0. The van der Waals surface area contributed by atoms with Gasteiger partial charge in [0.05, 0.1) is 0 Å². The van der Waals surface area contributed by atoms with Gasteiger partial charge in [-0.25, -0.2) is 0 Å². The molecule has 24 heavy (non-hydrogen) atoms. The molecule has 2 unspecified atom stereocenters. The Balaban J connectivity index is 1.75. The fourth-order valence-corrected chi connectivity index (χ4v) is 5.93. The molecule has 1 N–H and O–H groups in total. The lowest BCUT2D eigenvalue weighted by molar-refractivity contribution is 0.0504. The summed E-state index contributed by atoms with van der Waals surface area (Å²) in [6, 6.07) is 6.92. The number of fused-ring (bicyclic) bond motifs is 3. The number of rotatable bonds is 5. The van der Waals surface area contributed by atoms with E-state index < -0.39 is 0 Å². The SMILES string of the molecule is CCC[C@]12CCCCC1C(N(C)CC1CC1)Cc1ccc(O)cc12. The largest absolute Gasteiger partial charge is 0.508 e. The molecule has 0 bridgehead atoms. The molecule has 0 spiro atoms. The van der Waals surface area contributed by atoms with Crippen molar-refractivity contribution in [2.24, 2.45) is 11.8 Å². The molecule has 2 fully saturated rings. The van der Waals surface area contributed by atoms with Gasteiger partial charge in [0.2, 0.25) is 0 Å². The van der Waals surface area contributed by atoms with Gasteiger partial charge in [-0.3, -0.25) is 0 Å². The van der Waals surface area contributed by atoms with E-state index in [-0.39, 0.29) is 0 Å². The van der Waals surface area contributed by atoms with E-state index in [1.807, 2.05) is 6.07 Å². The molecule has 0 aliphatic heterocycles. The first-order valence-corrected chi connectivity index (χ1v) is 10.2. The van der Waals surface area contributed by atoms with Gasteiger partial charge in [-0.15, -0.1) is 0 Å². The van der Waals surface area contributed by atoms with Crippen LogP contribution in [0, 0.1) is 11.8 Å². The smallest absolute Gasteiger partial charge is 0.115 e. The fraction of sp³-hybridized carbons (Fsp3) is 0.727. The van der Waals surface area contributed by atoms with Crippen molar-refractivity contribution in [1.82, 2.24) is 4.90 Å². The number of phenols is 1. The standard InChI is InChI=1S/C22H33NO/c1-3-11-22-12-5-4-6-19(22)21(23(2)15-16-7-8-16)13-17-9-10-18(24)14-20(17)22/h9-10,14,16,19,21,24H,3-8,11-13,15H2,1-2H3/t19?,21?,22-/m0/s1. The molecule has 4 rings (SSSR count). The third-order valence-electron chi connectivity index (χ3n) is 7.13. The normalized spacial score (nSPS) is 32.5. The first-order chi connectivity index (χ1) is 11.6. The fourth-order valence-electron chi connectivity index (χ4n) is 5.93. The second-order valence-corrected chi connectivity index (χ2v) is 8.75. The molecule has 1 aromatic carbocycles. The highest BCUT2D eigenvalue weighted by molar-refractivity contribution is 5.44. The van der Waals surface area contributed by atoms with E-state index in [1.54, 1.807) is 0 Å². The van der Waals surface area contributed by atoms with Crippen molar-refractivity contribution >= 4 is 0 Å². The maximum absolute atomic E-state index is 10.2. The van der Waals surface area contributed by atoms with Crippen LogP contribution < -0.4 is 0 Å². The molecule has 3 atom stereocenters. The van der Waals surface area contributed by atoms with Gasteiger partial charge < -0.3 is 10.0 Å². The van der Waals surface area contributed by atoms with Crippen molar-refractivity contribution in [3.05, 3.63) is 29.3 Å². The molecule has 132 valence electrons. The summed E-state index contributed by atoms with van der Waals surface area (Å²) in [5.41, 5.74) is 3.30. The summed E-state index contributed by atoms with van der Waals surface area (Å²) in [5, 5.41) is 10.2. The molecular formula is C22H33NO. The van der Waals surface area contributed by atoms with E-state index in [2.05, 4.69) is 31.0 Å². The minimum atomic E-state index is 0.307. The second-order valence-electron chi connectivity index (χ2n) is 8.75. The van der Waals surface area contributed by atoms with Crippen molar-refractivity contribution in [2.75, 3.05) is 13.6 Å². The summed E-state index contributed by atoms with van der Waals surface area (Å²) in [6.45, 7) is 3.62. The number of benzene rings is 1. The molecule has 0 aromatic heterocycles. The molecule has 3 aliphatic carbocycles. The minimum Gasteiger partial charge on any atom is -0.508 e. The monoisotopic (exact) mass is 327 g/mol. The Kier molecular flexibility index (Phi) is 4.36. The van der Waals surface area contributed by atoms with Crippen LogP contribution in [0.25, 0.3) is 0 Å². The van der Waals surface area contributed by atoms with E-state index in [0.29, 0.717) is 17.2 Å². The minimum absolute atomic E-state index is 0.307. The Bertz CT molecular complexity index is 590. The Hall–Kier alpha value is -1.02. The summed E-state index contributed by atoms with van der Waals surface area (Å²) in [7, 11) is 2.37. The van der Waals surface area contributed by atoms with Gasteiger partial charge in [-0.1, -0.05) is 32.3 Å². The first-order valence-electron chi connectivity index (χ1n) is 10.2. The van der Waals surface area contributed by atoms with Gasteiger partial charge in [0.1, 0.15) is 5.75 Å². The molecule has 2 nitrogen and oxygen atoms in total. The van der Waals surface area contributed by atoms with E-state index in [0.717, 1.165) is 11.8 Å². The average Bonchev–Trinajstić information content (AvgIpc) is 3.38. The van der Waals surface area contributed by atoms with Crippen LogP contribution >= 0.6 is 0 Å².